The third-order valence-electron chi connectivity index (χ3n) is 1.94. The highest BCUT2D eigenvalue weighted by molar-refractivity contribution is 4.79. The van der Waals surface area contributed by atoms with Crippen LogP contribution in [0.25, 0.3) is 0 Å². The molecule has 0 spiro atoms. The van der Waals surface area contributed by atoms with Gasteiger partial charge < -0.3 is 10.2 Å². The van der Waals surface area contributed by atoms with Gasteiger partial charge in [-0.3, -0.25) is 0 Å². The van der Waals surface area contributed by atoms with Crippen molar-refractivity contribution in [3.63, 3.8) is 0 Å². The molecule has 0 aromatic carbocycles. The lowest BCUT2D eigenvalue weighted by atomic mass is 10.5. The number of hydrogen-bond acceptors (Lipinski definition) is 2. The summed E-state index contributed by atoms with van der Waals surface area (Å²) in [5.74, 6) is 1.05. The van der Waals surface area contributed by atoms with Crippen molar-refractivity contribution in [2.75, 3.05) is 13.2 Å². The van der Waals surface area contributed by atoms with Gasteiger partial charge in [-0.25, -0.2) is 9.13 Å². The third-order valence-corrected chi connectivity index (χ3v) is 1.94. The van der Waals surface area contributed by atoms with E-state index in [1.807, 2.05) is 28.5 Å². The van der Waals surface area contributed by atoms with E-state index in [4.69, 9.17) is 10.2 Å². The monoisotopic (exact) mass is 171 g/mol. The van der Waals surface area contributed by atoms with Gasteiger partial charge >= 0.3 is 0 Å². The van der Waals surface area contributed by atoms with Gasteiger partial charge in [0.25, 0.3) is 5.82 Å². The van der Waals surface area contributed by atoms with E-state index in [-0.39, 0.29) is 13.2 Å². The lowest BCUT2D eigenvalue weighted by molar-refractivity contribution is -0.703. The minimum Gasteiger partial charge on any atom is -0.392 e. The van der Waals surface area contributed by atoms with Crippen LogP contribution in [0.4, 0.5) is 0 Å². The van der Waals surface area contributed by atoms with Crippen molar-refractivity contribution in [3.05, 3.63) is 18.2 Å². The Morgan fingerprint density at radius 3 is 2.75 bits per heavy atom. The van der Waals surface area contributed by atoms with E-state index in [2.05, 4.69) is 0 Å². The van der Waals surface area contributed by atoms with Gasteiger partial charge in [-0.2, -0.15) is 0 Å². The molecule has 0 fully saturated rings. The van der Waals surface area contributed by atoms with Crippen LogP contribution < -0.4 is 4.57 Å². The van der Waals surface area contributed by atoms with Crippen LogP contribution in [0.1, 0.15) is 5.82 Å². The van der Waals surface area contributed by atoms with Crippen LogP contribution in [-0.2, 0) is 13.1 Å². The van der Waals surface area contributed by atoms with Crippen LogP contribution in [0.15, 0.2) is 12.4 Å². The Morgan fingerprint density at radius 1 is 1.42 bits per heavy atom. The molecule has 1 rings (SSSR count). The maximum atomic E-state index is 8.70. The molecule has 0 aliphatic heterocycles. The van der Waals surface area contributed by atoms with E-state index in [0.29, 0.717) is 13.1 Å². The third kappa shape index (κ3) is 1.84. The SMILES string of the molecule is Cc1n(CCO)cc[n+]1CCO. The molecule has 0 saturated heterocycles. The van der Waals surface area contributed by atoms with Crippen molar-refractivity contribution in [1.29, 1.82) is 0 Å². The molecule has 0 aliphatic carbocycles. The first-order chi connectivity index (χ1) is 5.79. The number of nitrogens with zero attached hydrogens (tertiary/aromatic N) is 2. The zero-order chi connectivity index (χ0) is 8.97. The van der Waals surface area contributed by atoms with Gasteiger partial charge in [-0.15, -0.1) is 0 Å². The molecule has 1 aromatic rings. The molecule has 1 heterocycles. The predicted molar refractivity (Wildman–Crippen MR) is 43.5 cm³/mol. The van der Waals surface area contributed by atoms with E-state index >= 15 is 0 Å². The van der Waals surface area contributed by atoms with E-state index in [1.54, 1.807) is 0 Å². The molecule has 0 unspecified atom stereocenters. The summed E-state index contributed by atoms with van der Waals surface area (Å²) in [4.78, 5) is 0. The second-order valence-electron chi connectivity index (χ2n) is 2.68. The van der Waals surface area contributed by atoms with Crippen LogP contribution >= 0.6 is 0 Å². The quantitative estimate of drug-likeness (QED) is 0.575. The average Bonchev–Trinajstić information content (AvgIpc) is 2.38. The Bertz CT molecular complexity index is 222. The van der Waals surface area contributed by atoms with E-state index in [1.165, 1.54) is 0 Å². The van der Waals surface area contributed by atoms with Crippen LogP contribution in [0, 0.1) is 6.92 Å². The number of hydrogen-bond donors (Lipinski definition) is 2. The number of aliphatic hydroxyl groups excluding tert-OH is 2. The summed E-state index contributed by atoms with van der Waals surface area (Å²) < 4.78 is 3.91. The van der Waals surface area contributed by atoms with Crippen molar-refractivity contribution >= 4 is 0 Å². The van der Waals surface area contributed by atoms with Crippen LogP contribution in [0.3, 0.4) is 0 Å². The summed E-state index contributed by atoms with van der Waals surface area (Å²) in [6.07, 6.45) is 3.81. The Hall–Kier alpha value is -0.870. The van der Waals surface area contributed by atoms with Gasteiger partial charge in [-0.05, 0) is 0 Å². The fraction of sp³-hybridized carbons (Fsp3) is 0.625. The summed E-state index contributed by atoms with van der Waals surface area (Å²) in [5.41, 5.74) is 0. The molecule has 0 radical (unpaired) electrons. The maximum absolute atomic E-state index is 8.70. The lowest BCUT2D eigenvalue weighted by Crippen LogP contribution is -2.37. The molecule has 0 amide bonds. The van der Waals surface area contributed by atoms with Crippen molar-refractivity contribution in [3.8, 4) is 0 Å². The van der Waals surface area contributed by atoms with Gasteiger partial charge in [0.15, 0.2) is 0 Å². The highest BCUT2D eigenvalue weighted by Crippen LogP contribution is 1.92. The molecule has 1 aromatic heterocycles. The van der Waals surface area contributed by atoms with Gasteiger partial charge in [0.1, 0.15) is 25.5 Å². The first-order valence-electron chi connectivity index (χ1n) is 4.06. The topological polar surface area (TPSA) is 49.3 Å². The fourth-order valence-electron chi connectivity index (χ4n) is 1.23. The van der Waals surface area contributed by atoms with Crippen LogP contribution in [0.5, 0.6) is 0 Å². The summed E-state index contributed by atoms with van der Waals surface area (Å²) in [7, 11) is 0. The Labute approximate surface area is 71.7 Å². The molecular weight excluding hydrogens is 156 g/mol. The molecule has 0 bridgehead atoms. The summed E-state index contributed by atoms with van der Waals surface area (Å²) in [5, 5.41) is 17.4. The maximum Gasteiger partial charge on any atom is 0.253 e. The minimum atomic E-state index is 0.147. The summed E-state index contributed by atoms with van der Waals surface area (Å²) in [6.45, 7) is 3.49. The van der Waals surface area contributed by atoms with Crippen LogP contribution in [-0.4, -0.2) is 28.0 Å². The molecule has 68 valence electrons. The molecule has 0 saturated carbocycles. The molecule has 4 nitrogen and oxygen atoms in total. The van der Waals surface area contributed by atoms with Crippen molar-refractivity contribution in [2.45, 2.75) is 20.0 Å². The lowest BCUT2D eigenvalue weighted by Gasteiger charge is -1.96. The smallest absolute Gasteiger partial charge is 0.253 e. The zero-order valence-corrected chi connectivity index (χ0v) is 7.27. The van der Waals surface area contributed by atoms with Crippen molar-refractivity contribution in [2.24, 2.45) is 0 Å². The van der Waals surface area contributed by atoms with Crippen molar-refractivity contribution in [1.82, 2.24) is 4.57 Å². The molecule has 2 N–H and O–H groups in total. The van der Waals surface area contributed by atoms with E-state index < -0.39 is 0 Å². The largest absolute Gasteiger partial charge is 0.392 e. The Balaban J connectivity index is 2.74. The number of imidazole rings is 1. The van der Waals surface area contributed by atoms with E-state index in [0.717, 1.165) is 5.82 Å². The van der Waals surface area contributed by atoms with Crippen LogP contribution in [0.2, 0.25) is 0 Å². The fourth-order valence-corrected chi connectivity index (χ4v) is 1.23. The van der Waals surface area contributed by atoms with Crippen molar-refractivity contribution < 1.29 is 14.8 Å². The Morgan fingerprint density at radius 2 is 2.17 bits per heavy atom. The molecule has 0 aliphatic rings. The highest BCUT2D eigenvalue weighted by Gasteiger charge is 2.09. The zero-order valence-electron chi connectivity index (χ0n) is 7.27. The van der Waals surface area contributed by atoms with Gasteiger partial charge in [0.2, 0.25) is 0 Å². The first-order valence-corrected chi connectivity index (χ1v) is 4.06. The molecule has 12 heavy (non-hydrogen) atoms. The number of aromatic nitrogens is 2. The van der Waals surface area contributed by atoms with Gasteiger partial charge in [0, 0.05) is 6.92 Å². The predicted octanol–water partition coefficient (Wildman–Crippen LogP) is -0.931. The Kier molecular flexibility index (Phi) is 3.25. The minimum absolute atomic E-state index is 0.147. The number of aliphatic hydroxyl groups is 2. The molecule has 0 atom stereocenters. The average molecular weight is 171 g/mol. The van der Waals surface area contributed by atoms with E-state index in [9.17, 15) is 0 Å². The standard InChI is InChI=1S/C8H15N2O2/c1-8-9(4-6-11)2-3-10(8)5-7-12/h2-3,11-12H,4-7H2,1H3/q+1. The second-order valence-corrected chi connectivity index (χ2v) is 2.68. The molecular formula is C8H15N2O2+. The van der Waals surface area contributed by atoms with Gasteiger partial charge in [0.05, 0.1) is 13.2 Å². The first kappa shape index (κ1) is 9.22. The molecule has 4 heteroatoms. The highest BCUT2D eigenvalue weighted by atomic mass is 16.3. The second kappa shape index (κ2) is 4.23. The summed E-state index contributed by atoms with van der Waals surface area (Å²) >= 11 is 0. The van der Waals surface area contributed by atoms with Gasteiger partial charge in [-0.1, -0.05) is 0 Å². The summed E-state index contributed by atoms with van der Waals surface area (Å²) in [6, 6.07) is 0. The number of rotatable bonds is 4. The normalized spacial score (nSPS) is 10.6.